The molecule has 0 saturated carbocycles. The molecular formula is C27H30F3N5O6. The number of rotatable bonds is 7. The van der Waals surface area contributed by atoms with E-state index in [-0.39, 0.29) is 56.9 Å². The van der Waals surface area contributed by atoms with Crippen LogP contribution >= 0.6 is 0 Å². The van der Waals surface area contributed by atoms with E-state index in [9.17, 15) is 32.7 Å². The molecule has 11 nitrogen and oxygen atoms in total. The van der Waals surface area contributed by atoms with Crippen LogP contribution in [0.3, 0.4) is 0 Å². The van der Waals surface area contributed by atoms with Crippen molar-refractivity contribution in [3.8, 4) is 5.88 Å². The SMILES string of the molecule is C[C@@H]1CN(CC(=O)N2CCOc3ncc(Cc4ccc(F)cc4)cc32)[C@@H](CN2C(=O)OC[C@H]2C(F)F)CN1C(=O)O. The highest BCUT2D eigenvalue weighted by Crippen LogP contribution is 2.32. The smallest absolute Gasteiger partial charge is 0.410 e. The fourth-order valence-electron chi connectivity index (χ4n) is 5.45. The number of nitrogens with zero attached hydrogens (tertiary/aromatic N) is 5. The highest BCUT2D eigenvalue weighted by Gasteiger charge is 2.44. The standard InChI is InChI=1S/C27H30F3N5O6/c1-16-11-32(20(12-34(16)26(37)38)13-35-22(24(29)30)15-41-27(35)39)14-23(36)33-6-7-40-25-21(33)9-18(10-31-25)8-17-2-4-19(28)5-3-17/h2-5,9-10,16,20,22,24H,6-8,11-15H2,1H3,(H,37,38)/t16-,20-,22+/m1/s1. The highest BCUT2D eigenvalue weighted by molar-refractivity contribution is 5.96. The lowest BCUT2D eigenvalue weighted by molar-refractivity contribution is -0.121. The number of amides is 3. The molecule has 4 heterocycles. The number of carboxylic acid groups (broad SMARTS) is 1. The molecule has 3 atom stereocenters. The number of aromatic nitrogens is 1. The van der Waals surface area contributed by atoms with Crippen LogP contribution in [0.15, 0.2) is 36.5 Å². The van der Waals surface area contributed by atoms with E-state index in [0.717, 1.165) is 16.0 Å². The van der Waals surface area contributed by atoms with Crippen LogP contribution in [0.2, 0.25) is 0 Å². The van der Waals surface area contributed by atoms with Crippen molar-refractivity contribution in [2.24, 2.45) is 0 Å². The quantitative estimate of drug-likeness (QED) is 0.534. The average Bonchev–Trinajstić information content (AvgIpc) is 3.30. The second kappa shape index (κ2) is 11.8. The zero-order valence-electron chi connectivity index (χ0n) is 22.3. The maximum Gasteiger partial charge on any atom is 0.410 e. The third-order valence-electron chi connectivity index (χ3n) is 7.61. The summed E-state index contributed by atoms with van der Waals surface area (Å²) in [4.78, 5) is 47.5. The molecule has 0 bridgehead atoms. The molecule has 1 aromatic carbocycles. The lowest BCUT2D eigenvalue weighted by Crippen LogP contribution is -2.63. The van der Waals surface area contributed by atoms with Gasteiger partial charge in [-0.1, -0.05) is 12.1 Å². The minimum atomic E-state index is -2.84. The number of pyridine rings is 1. The zero-order chi connectivity index (χ0) is 29.3. The number of halogens is 3. The van der Waals surface area contributed by atoms with Crippen LogP contribution in [-0.2, 0) is 16.0 Å². The second-order valence-electron chi connectivity index (χ2n) is 10.4. The second-order valence-corrected chi connectivity index (χ2v) is 10.4. The molecule has 0 unspecified atom stereocenters. The summed E-state index contributed by atoms with van der Waals surface area (Å²) in [5.41, 5.74) is 2.11. The predicted molar refractivity (Wildman–Crippen MR) is 139 cm³/mol. The third-order valence-corrected chi connectivity index (χ3v) is 7.61. The van der Waals surface area contributed by atoms with Crippen LogP contribution in [0.4, 0.5) is 28.4 Å². The molecular weight excluding hydrogens is 547 g/mol. The number of anilines is 1. The van der Waals surface area contributed by atoms with Crippen molar-refractivity contribution in [1.82, 2.24) is 19.7 Å². The van der Waals surface area contributed by atoms with Gasteiger partial charge in [-0.3, -0.25) is 14.6 Å². The van der Waals surface area contributed by atoms with Gasteiger partial charge in [-0.05, 0) is 42.7 Å². The maximum absolute atomic E-state index is 13.7. The van der Waals surface area contributed by atoms with Crippen LogP contribution in [0.25, 0.3) is 0 Å². The molecule has 2 fully saturated rings. The van der Waals surface area contributed by atoms with Gasteiger partial charge in [-0.15, -0.1) is 0 Å². The van der Waals surface area contributed by atoms with Gasteiger partial charge in [0.15, 0.2) is 0 Å². The van der Waals surface area contributed by atoms with Crippen LogP contribution in [0, 0.1) is 5.82 Å². The van der Waals surface area contributed by atoms with Gasteiger partial charge in [0.25, 0.3) is 6.43 Å². The van der Waals surface area contributed by atoms with Crippen LogP contribution in [0.5, 0.6) is 5.88 Å². The summed E-state index contributed by atoms with van der Waals surface area (Å²) in [6.07, 6.45) is -2.82. The molecule has 3 amide bonds. The molecule has 41 heavy (non-hydrogen) atoms. The lowest BCUT2D eigenvalue weighted by Gasteiger charge is -2.45. The Kier molecular flexibility index (Phi) is 8.20. The topological polar surface area (TPSA) is 116 Å². The molecule has 220 valence electrons. The average molecular weight is 578 g/mol. The fraction of sp³-hybridized carbons (Fsp3) is 0.481. The molecule has 0 spiro atoms. The van der Waals surface area contributed by atoms with Gasteiger partial charge < -0.3 is 24.4 Å². The number of hydrogen-bond acceptors (Lipinski definition) is 7. The first kappa shape index (κ1) is 28.5. The Bertz CT molecular complexity index is 1300. The molecule has 3 aliphatic heterocycles. The molecule has 5 rings (SSSR count). The Hall–Kier alpha value is -4.07. The molecule has 3 aliphatic rings. The van der Waals surface area contributed by atoms with Gasteiger partial charge in [0.05, 0.1) is 13.1 Å². The normalized spacial score (nSPS) is 22.9. The van der Waals surface area contributed by atoms with E-state index in [0.29, 0.717) is 12.1 Å². The van der Waals surface area contributed by atoms with Gasteiger partial charge in [-0.2, -0.15) is 0 Å². The molecule has 14 heteroatoms. The Labute approximate surface area is 234 Å². The third kappa shape index (κ3) is 6.16. The van der Waals surface area contributed by atoms with Crippen molar-refractivity contribution in [1.29, 1.82) is 0 Å². The van der Waals surface area contributed by atoms with E-state index >= 15 is 0 Å². The molecule has 0 aliphatic carbocycles. The van der Waals surface area contributed by atoms with Crippen LogP contribution in [-0.4, -0.2) is 113 Å². The lowest BCUT2D eigenvalue weighted by atomic mass is 10.1. The Morgan fingerprint density at radius 2 is 1.90 bits per heavy atom. The number of fused-ring (bicyclic) bond motifs is 1. The number of benzene rings is 1. The van der Waals surface area contributed by atoms with Crippen molar-refractivity contribution >= 4 is 23.8 Å². The number of ether oxygens (including phenoxy) is 2. The minimum absolute atomic E-state index is 0.0768. The monoisotopic (exact) mass is 577 g/mol. The highest BCUT2D eigenvalue weighted by atomic mass is 19.3. The van der Waals surface area contributed by atoms with Crippen molar-refractivity contribution < 1.29 is 42.1 Å². The number of carbonyl (C=O) groups excluding carboxylic acids is 2. The van der Waals surface area contributed by atoms with E-state index in [4.69, 9.17) is 9.47 Å². The van der Waals surface area contributed by atoms with Gasteiger partial charge in [-0.25, -0.2) is 27.7 Å². The number of alkyl halides is 2. The summed E-state index contributed by atoms with van der Waals surface area (Å²) < 4.78 is 51.0. The van der Waals surface area contributed by atoms with Crippen LogP contribution < -0.4 is 9.64 Å². The first-order valence-electron chi connectivity index (χ1n) is 13.2. The fourth-order valence-corrected chi connectivity index (χ4v) is 5.45. The van der Waals surface area contributed by atoms with Gasteiger partial charge in [0, 0.05) is 37.9 Å². The number of cyclic esters (lactones) is 1. The van der Waals surface area contributed by atoms with Gasteiger partial charge >= 0.3 is 12.2 Å². The Balaban J connectivity index is 1.35. The molecule has 1 N–H and O–H groups in total. The van der Waals surface area contributed by atoms with Crippen molar-refractivity contribution in [3.63, 3.8) is 0 Å². The predicted octanol–water partition coefficient (Wildman–Crippen LogP) is 2.68. The van der Waals surface area contributed by atoms with E-state index < -0.39 is 43.3 Å². The summed E-state index contributed by atoms with van der Waals surface area (Å²) in [7, 11) is 0. The van der Waals surface area contributed by atoms with Crippen molar-refractivity contribution in [3.05, 3.63) is 53.5 Å². The summed E-state index contributed by atoms with van der Waals surface area (Å²) in [5, 5.41) is 9.67. The maximum atomic E-state index is 13.7. The van der Waals surface area contributed by atoms with E-state index in [2.05, 4.69) is 4.98 Å². The molecule has 2 saturated heterocycles. The Morgan fingerprint density at radius 1 is 1.15 bits per heavy atom. The van der Waals surface area contributed by atoms with Gasteiger partial charge in [0.1, 0.15) is 30.8 Å². The number of hydrogen-bond donors (Lipinski definition) is 1. The summed E-state index contributed by atoms with van der Waals surface area (Å²) in [5.74, 6) is -0.371. The van der Waals surface area contributed by atoms with Crippen LogP contribution in [0.1, 0.15) is 18.1 Å². The zero-order valence-corrected chi connectivity index (χ0v) is 22.3. The number of piperazine rings is 1. The van der Waals surface area contributed by atoms with Crippen molar-refractivity contribution in [2.45, 2.75) is 37.9 Å². The first-order valence-corrected chi connectivity index (χ1v) is 13.2. The largest absolute Gasteiger partial charge is 0.474 e. The Morgan fingerprint density at radius 3 is 2.61 bits per heavy atom. The summed E-state index contributed by atoms with van der Waals surface area (Å²) in [6.45, 7) is 1.41. The van der Waals surface area contributed by atoms with Crippen molar-refractivity contribution in [2.75, 3.05) is 50.8 Å². The first-order chi connectivity index (χ1) is 19.6. The summed E-state index contributed by atoms with van der Waals surface area (Å²) in [6, 6.07) is 5.21. The van der Waals surface area contributed by atoms with Gasteiger partial charge in [0.2, 0.25) is 11.8 Å². The van der Waals surface area contributed by atoms with E-state index in [1.807, 2.05) is 0 Å². The molecule has 0 radical (unpaired) electrons. The molecule has 2 aromatic rings. The minimum Gasteiger partial charge on any atom is -0.474 e. The van der Waals surface area contributed by atoms with E-state index in [1.165, 1.54) is 21.9 Å². The summed E-state index contributed by atoms with van der Waals surface area (Å²) >= 11 is 0. The number of carbonyl (C=O) groups is 3. The van der Waals surface area contributed by atoms with E-state index in [1.54, 1.807) is 36.2 Å². The molecule has 1 aromatic heterocycles.